The van der Waals surface area contributed by atoms with E-state index in [1.807, 2.05) is 19.9 Å². The maximum Gasteiger partial charge on any atom is 0.243 e. The Labute approximate surface area is 205 Å². The average molecular weight is 503 g/mol. The molecule has 2 heterocycles. The van der Waals surface area contributed by atoms with Crippen molar-refractivity contribution in [3.63, 3.8) is 0 Å². The quantitative estimate of drug-likeness (QED) is 0.491. The summed E-state index contributed by atoms with van der Waals surface area (Å²) in [7, 11) is -3.62. The summed E-state index contributed by atoms with van der Waals surface area (Å²) >= 11 is 5.93. The topological polar surface area (TPSA) is 66.4 Å². The monoisotopic (exact) mass is 502 g/mol. The van der Waals surface area contributed by atoms with Crippen molar-refractivity contribution in [1.29, 1.82) is 0 Å². The van der Waals surface area contributed by atoms with Crippen LogP contribution in [0.2, 0.25) is 5.02 Å². The molecule has 0 bridgehead atoms. The first kappa shape index (κ1) is 24.6. The molecule has 6 nitrogen and oxygen atoms in total. The summed E-state index contributed by atoms with van der Waals surface area (Å²) in [5, 5.41) is 0.498. The van der Waals surface area contributed by atoms with Crippen LogP contribution in [0.15, 0.2) is 53.4 Å². The fraction of sp³-hybridized carbons (Fsp3) is 0.360. The Bertz CT molecular complexity index is 1270. The van der Waals surface area contributed by atoms with E-state index in [9.17, 15) is 12.8 Å². The minimum Gasteiger partial charge on any atom is -0.355 e. The van der Waals surface area contributed by atoms with Crippen LogP contribution in [0, 0.1) is 12.7 Å². The van der Waals surface area contributed by atoms with Crippen molar-refractivity contribution in [1.82, 2.24) is 14.3 Å². The van der Waals surface area contributed by atoms with E-state index in [1.165, 1.54) is 16.4 Å². The lowest BCUT2D eigenvalue weighted by Gasteiger charge is -2.26. The third-order valence-corrected chi connectivity index (χ3v) is 8.16. The Hall–Kier alpha value is -2.55. The van der Waals surface area contributed by atoms with E-state index in [-0.39, 0.29) is 10.7 Å². The van der Waals surface area contributed by atoms with Gasteiger partial charge in [-0.05, 0) is 61.7 Å². The van der Waals surface area contributed by atoms with Crippen LogP contribution in [0.5, 0.6) is 0 Å². The molecule has 34 heavy (non-hydrogen) atoms. The third kappa shape index (κ3) is 5.40. The van der Waals surface area contributed by atoms with Crippen LogP contribution >= 0.6 is 11.6 Å². The van der Waals surface area contributed by atoms with Gasteiger partial charge < -0.3 is 4.90 Å². The second kappa shape index (κ2) is 10.4. The van der Waals surface area contributed by atoms with Crippen LogP contribution < -0.4 is 4.90 Å². The molecule has 1 aromatic heterocycles. The van der Waals surface area contributed by atoms with Crippen molar-refractivity contribution in [2.24, 2.45) is 0 Å². The van der Waals surface area contributed by atoms with Crippen molar-refractivity contribution < 1.29 is 12.8 Å². The molecule has 4 rings (SSSR count). The zero-order valence-electron chi connectivity index (χ0n) is 19.3. The van der Waals surface area contributed by atoms with Gasteiger partial charge in [-0.3, -0.25) is 0 Å². The van der Waals surface area contributed by atoms with Crippen LogP contribution in [0.25, 0.3) is 0 Å². The Morgan fingerprint density at radius 2 is 1.79 bits per heavy atom. The van der Waals surface area contributed by atoms with E-state index in [1.54, 1.807) is 30.3 Å². The van der Waals surface area contributed by atoms with E-state index in [0.717, 1.165) is 29.1 Å². The third-order valence-electron chi connectivity index (χ3n) is 5.99. The van der Waals surface area contributed by atoms with Gasteiger partial charge in [0, 0.05) is 48.9 Å². The molecule has 1 fully saturated rings. The predicted octanol–water partition coefficient (Wildman–Crippen LogP) is 4.63. The van der Waals surface area contributed by atoms with Crippen molar-refractivity contribution >= 4 is 27.4 Å². The maximum absolute atomic E-state index is 13.8. The van der Waals surface area contributed by atoms with Gasteiger partial charge in [0.1, 0.15) is 17.5 Å². The molecular formula is C25H28ClFN4O2S. The number of rotatable bonds is 6. The zero-order chi connectivity index (χ0) is 24.3. The number of aryl methyl sites for hydroxylation is 2. The van der Waals surface area contributed by atoms with Gasteiger partial charge in [0.05, 0.1) is 4.90 Å². The average Bonchev–Trinajstić information content (AvgIpc) is 3.07. The minimum absolute atomic E-state index is 0.239. The largest absolute Gasteiger partial charge is 0.355 e. The second-order valence-corrected chi connectivity index (χ2v) is 10.8. The number of anilines is 1. The molecule has 0 saturated carbocycles. The second-order valence-electron chi connectivity index (χ2n) is 8.38. The van der Waals surface area contributed by atoms with Crippen LogP contribution in [0.3, 0.4) is 0 Å². The number of aromatic nitrogens is 2. The lowest BCUT2D eigenvalue weighted by molar-refractivity contribution is 0.433. The van der Waals surface area contributed by atoms with Crippen molar-refractivity contribution in [2.75, 3.05) is 31.1 Å². The fourth-order valence-electron chi connectivity index (χ4n) is 4.33. The summed E-state index contributed by atoms with van der Waals surface area (Å²) in [6.07, 6.45) is 1.91. The number of hydrogen-bond acceptors (Lipinski definition) is 5. The normalized spacial score (nSPS) is 15.4. The maximum atomic E-state index is 13.8. The van der Waals surface area contributed by atoms with Gasteiger partial charge in [-0.25, -0.2) is 22.8 Å². The predicted molar refractivity (Wildman–Crippen MR) is 132 cm³/mol. The van der Waals surface area contributed by atoms with Gasteiger partial charge in [0.2, 0.25) is 10.0 Å². The molecule has 1 aliphatic heterocycles. The van der Waals surface area contributed by atoms with Crippen molar-refractivity contribution in [2.45, 2.75) is 38.0 Å². The van der Waals surface area contributed by atoms with Gasteiger partial charge in [-0.1, -0.05) is 30.7 Å². The first-order valence-electron chi connectivity index (χ1n) is 11.4. The summed E-state index contributed by atoms with van der Waals surface area (Å²) < 4.78 is 41.7. The Morgan fingerprint density at radius 3 is 2.50 bits per heavy atom. The summed E-state index contributed by atoms with van der Waals surface area (Å²) in [6, 6.07) is 12.8. The molecule has 9 heteroatoms. The molecule has 0 aliphatic carbocycles. The van der Waals surface area contributed by atoms with E-state index < -0.39 is 10.0 Å². The molecule has 0 N–H and O–H groups in total. The van der Waals surface area contributed by atoms with Gasteiger partial charge in [-0.15, -0.1) is 0 Å². The summed E-state index contributed by atoms with van der Waals surface area (Å²) in [6.45, 7) is 5.85. The molecule has 0 spiro atoms. The number of benzene rings is 2. The van der Waals surface area contributed by atoms with Crippen molar-refractivity contribution in [3.05, 3.63) is 82.0 Å². The van der Waals surface area contributed by atoms with E-state index in [4.69, 9.17) is 16.6 Å². The Morgan fingerprint density at radius 1 is 1.03 bits per heavy atom. The first-order valence-corrected chi connectivity index (χ1v) is 13.2. The van der Waals surface area contributed by atoms with Crippen LogP contribution in [-0.4, -0.2) is 48.9 Å². The fourth-order valence-corrected chi connectivity index (χ4v) is 5.92. The van der Waals surface area contributed by atoms with Crippen LogP contribution in [0.1, 0.15) is 36.0 Å². The zero-order valence-corrected chi connectivity index (χ0v) is 20.9. The first-order chi connectivity index (χ1) is 16.3. The Kier molecular flexibility index (Phi) is 7.50. The molecule has 1 aliphatic rings. The smallest absolute Gasteiger partial charge is 0.243 e. The number of nitrogens with zero attached hydrogens (tertiary/aromatic N) is 4. The summed E-state index contributed by atoms with van der Waals surface area (Å²) in [4.78, 5) is 11.8. The number of halogens is 2. The molecule has 1 saturated heterocycles. The highest BCUT2D eigenvalue weighted by Gasteiger charge is 2.28. The van der Waals surface area contributed by atoms with Gasteiger partial charge in [-0.2, -0.15) is 4.31 Å². The van der Waals surface area contributed by atoms with E-state index >= 15 is 0 Å². The van der Waals surface area contributed by atoms with Crippen LogP contribution in [-0.2, 0) is 22.9 Å². The van der Waals surface area contributed by atoms with Gasteiger partial charge in [0.15, 0.2) is 0 Å². The molecule has 0 unspecified atom stereocenters. The lowest BCUT2D eigenvalue weighted by atomic mass is 10.0. The summed E-state index contributed by atoms with van der Waals surface area (Å²) in [5.41, 5.74) is 2.75. The number of hydrogen-bond donors (Lipinski definition) is 0. The highest BCUT2D eigenvalue weighted by Crippen LogP contribution is 2.27. The molecule has 0 amide bonds. The van der Waals surface area contributed by atoms with Crippen LogP contribution in [0.4, 0.5) is 10.2 Å². The molecule has 0 atom stereocenters. The molecule has 2 aromatic carbocycles. The lowest BCUT2D eigenvalue weighted by Crippen LogP contribution is -2.35. The Balaban J connectivity index is 1.62. The SMILES string of the molecule is CCc1nc(C)nc(N2CCCN(S(=O)(=O)c3ccc(Cl)cc3)CC2)c1Cc1cccc(F)c1. The standard InChI is InChI=1S/C25H28ClFN4O2S/c1-3-24-23(17-19-6-4-7-21(27)16-19)25(29-18(2)28-24)30-12-5-13-31(15-14-30)34(32,33)22-10-8-20(26)9-11-22/h4,6-11,16H,3,5,12-15,17H2,1-2H3. The van der Waals surface area contributed by atoms with E-state index in [0.29, 0.717) is 49.9 Å². The highest BCUT2D eigenvalue weighted by atomic mass is 35.5. The summed E-state index contributed by atoms with van der Waals surface area (Å²) in [5.74, 6) is 1.20. The van der Waals surface area contributed by atoms with E-state index in [2.05, 4.69) is 9.88 Å². The molecule has 180 valence electrons. The number of sulfonamides is 1. The minimum atomic E-state index is -3.62. The molecular weight excluding hydrogens is 475 g/mol. The van der Waals surface area contributed by atoms with Gasteiger partial charge in [0.25, 0.3) is 0 Å². The molecule has 3 aromatic rings. The van der Waals surface area contributed by atoms with Crippen molar-refractivity contribution in [3.8, 4) is 0 Å². The molecule has 0 radical (unpaired) electrons. The highest BCUT2D eigenvalue weighted by molar-refractivity contribution is 7.89. The van der Waals surface area contributed by atoms with Gasteiger partial charge >= 0.3 is 0 Å².